The Labute approximate surface area is 252 Å². The number of anilines is 2. The van der Waals surface area contributed by atoms with Crippen LogP contribution in [-0.4, -0.2) is 80.4 Å². The average molecular weight is 602 g/mol. The second kappa shape index (κ2) is 11.4. The van der Waals surface area contributed by atoms with Gasteiger partial charge in [0, 0.05) is 17.8 Å². The predicted molar refractivity (Wildman–Crippen MR) is 156 cm³/mol. The van der Waals surface area contributed by atoms with Crippen LogP contribution in [0.1, 0.15) is 43.5 Å². The Bertz CT molecular complexity index is 1600. The van der Waals surface area contributed by atoms with Gasteiger partial charge in [-0.2, -0.15) is 0 Å². The van der Waals surface area contributed by atoms with Gasteiger partial charge in [-0.25, -0.2) is 19.6 Å². The van der Waals surface area contributed by atoms with E-state index in [-0.39, 0.29) is 5.84 Å². The number of amides is 3. The number of para-hydroxylation sites is 1. The number of ether oxygens (including phenoxy) is 3. The summed E-state index contributed by atoms with van der Waals surface area (Å²) in [6, 6.07) is 17.0. The van der Waals surface area contributed by atoms with Crippen LogP contribution in [0.15, 0.2) is 72.0 Å². The molecule has 0 spiro atoms. The van der Waals surface area contributed by atoms with E-state index >= 15 is 0 Å². The predicted octanol–water partition coefficient (Wildman–Crippen LogP) is 2.68. The summed E-state index contributed by atoms with van der Waals surface area (Å²) < 4.78 is 20.8. The number of nitrogens with zero attached hydrogens (tertiary/aromatic N) is 4. The van der Waals surface area contributed by atoms with E-state index in [9.17, 15) is 19.5 Å². The summed E-state index contributed by atoms with van der Waals surface area (Å²) in [4.78, 5) is 48.9. The van der Waals surface area contributed by atoms with Gasteiger partial charge in [-0.05, 0) is 31.9 Å². The SMILES string of the molecule is CC1N=C(NC(=O)Nc2ccccc2)c2ncn(C3OC(C(=O)N4CCCC4C(=O)O)C4OC(c5ccccc5)OC43)c2N1. The van der Waals surface area contributed by atoms with E-state index in [1.165, 1.54) is 11.2 Å². The van der Waals surface area contributed by atoms with Crippen LogP contribution in [0.5, 0.6) is 0 Å². The number of aromatic nitrogens is 2. The number of rotatable bonds is 5. The first kappa shape index (κ1) is 28.0. The van der Waals surface area contributed by atoms with Crippen molar-refractivity contribution in [3.8, 4) is 0 Å². The fraction of sp³-hybridized carbons (Fsp3) is 0.367. The first-order valence-corrected chi connectivity index (χ1v) is 14.5. The lowest BCUT2D eigenvalue weighted by Crippen LogP contribution is -2.49. The first-order valence-electron chi connectivity index (χ1n) is 14.5. The first-order chi connectivity index (χ1) is 21.4. The van der Waals surface area contributed by atoms with Gasteiger partial charge in [0.1, 0.15) is 35.9 Å². The zero-order valence-corrected chi connectivity index (χ0v) is 23.7. The molecule has 0 saturated carbocycles. The molecule has 7 unspecified atom stereocenters. The normalized spacial score (nSPS) is 28.9. The van der Waals surface area contributed by atoms with Crippen molar-refractivity contribution in [1.82, 2.24) is 19.8 Å². The van der Waals surface area contributed by atoms with Gasteiger partial charge in [-0.1, -0.05) is 48.5 Å². The summed E-state index contributed by atoms with van der Waals surface area (Å²) in [5.74, 6) is -0.741. The second-order valence-electron chi connectivity index (χ2n) is 11.0. The number of likely N-dealkylation sites (tertiary alicyclic amines) is 1. The lowest BCUT2D eigenvalue weighted by molar-refractivity contribution is -0.171. The van der Waals surface area contributed by atoms with Crippen LogP contribution in [0.3, 0.4) is 0 Å². The number of carbonyl (C=O) groups is 3. The number of hydrogen-bond acceptors (Lipinski definition) is 9. The number of carboxylic acid groups (broad SMARTS) is 1. The van der Waals surface area contributed by atoms with Crippen molar-refractivity contribution < 1.29 is 33.7 Å². The van der Waals surface area contributed by atoms with Crippen LogP contribution < -0.4 is 16.0 Å². The number of urea groups is 1. The Morgan fingerprint density at radius 3 is 2.45 bits per heavy atom. The van der Waals surface area contributed by atoms with Crippen molar-refractivity contribution in [3.05, 3.63) is 78.2 Å². The van der Waals surface area contributed by atoms with Crippen LogP contribution >= 0.6 is 0 Å². The van der Waals surface area contributed by atoms with Gasteiger partial charge in [0.15, 0.2) is 24.5 Å². The van der Waals surface area contributed by atoms with Crippen molar-refractivity contribution in [2.75, 3.05) is 17.2 Å². The molecule has 7 atom stereocenters. The minimum absolute atomic E-state index is 0.257. The topological polar surface area (TPSA) is 169 Å². The van der Waals surface area contributed by atoms with Gasteiger partial charge >= 0.3 is 12.0 Å². The fourth-order valence-corrected chi connectivity index (χ4v) is 6.13. The Kier molecular flexibility index (Phi) is 7.24. The summed E-state index contributed by atoms with van der Waals surface area (Å²) in [5.41, 5.74) is 1.78. The third-order valence-corrected chi connectivity index (χ3v) is 8.11. The van der Waals surface area contributed by atoms with Crippen LogP contribution in [0.25, 0.3) is 0 Å². The molecule has 14 nitrogen and oxygen atoms in total. The molecule has 228 valence electrons. The Morgan fingerprint density at radius 2 is 1.70 bits per heavy atom. The maximum atomic E-state index is 13.8. The number of fused-ring (bicyclic) bond motifs is 2. The van der Waals surface area contributed by atoms with E-state index in [1.807, 2.05) is 55.5 Å². The number of imidazole rings is 1. The maximum absolute atomic E-state index is 13.8. The monoisotopic (exact) mass is 601 g/mol. The molecular formula is C30H31N7O7. The van der Waals surface area contributed by atoms with Gasteiger partial charge in [0.25, 0.3) is 5.91 Å². The molecule has 44 heavy (non-hydrogen) atoms. The van der Waals surface area contributed by atoms with Crippen molar-refractivity contribution >= 4 is 35.2 Å². The van der Waals surface area contributed by atoms with E-state index < -0.39 is 60.9 Å². The molecule has 3 saturated heterocycles. The van der Waals surface area contributed by atoms with E-state index in [0.29, 0.717) is 36.6 Å². The molecule has 4 aliphatic rings. The highest BCUT2D eigenvalue weighted by molar-refractivity contribution is 6.12. The van der Waals surface area contributed by atoms with Gasteiger partial charge < -0.3 is 34.9 Å². The second-order valence-corrected chi connectivity index (χ2v) is 11.0. The number of aliphatic imine (C=N–C) groups is 1. The van der Waals surface area contributed by atoms with Crippen molar-refractivity contribution in [3.63, 3.8) is 0 Å². The lowest BCUT2D eigenvalue weighted by Gasteiger charge is -2.28. The number of amidine groups is 1. The highest BCUT2D eigenvalue weighted by Crippen LogP contribution is 2.46. The molecule has 0 bridgehead atoms. The molecule has 4 aliphatic heterocycles. The number of nitrogens with one attached hydrogen (secondary N) is 3. The Balaban J connectivity index is 1.18. The van der Waals surface area contributed by atoms with Gasteiger partial charge in [0.2, 0.25) is 0 Å². The summed E-state index contributed by atoms with van der Waals surface area (Å²) in [6.45, 7) is 2.14. The molecule has 2 aromatic carbocycles. The van der Waals surface area contributed by atoms with E-state index in [1.54, 1.807) is 16.7 Å². The third-order valence-electron chi connectivity index (χ3n) is 8.11. The minimum atomic E-state index is -1.11. The lowest BCUT2D eigenvalue weighted by atomic mass is 10.1. The van der Waals surface area contributed by atoms with E-state index in [0.717, 1.165) is 5.56 Å². The number of hydrogen-bond donors (Lipinski definition) is 4. The molecule has 3 aromatic rings. The Hall–Kier alpha value is -4.79. The van der Waals surface area contributed by atoms with E-state index in [4.69, 9.17) is 14.2 Å². The van der Waals surface area contributed by atoms with Crippen LogP contribution in [0, 0.1) is 0 Å². The average Bonchev–Trinajstić information content (AvgIpc) is 3.81. The minimum Gasteiger partial charge on any atom is -0.480 e. The molecule has 3 amide bonds. The molecule has 5 heterocycles. The highest BCUT2D eigenvalue weighted by Gasteiger charge is 2.58. The smallest absolute Gasteiger partial charge is 0.326 e. The molecular weight excluding hydrogens is 570 g/mol. The quantitative estimate of drug-likeness (QED) is 0.344. The van der Waals surface area contributed by atoms with Crippen molar-refractivity contribution in [1.29, 1.82) is 0 Å². The van der Waals surface area contributed by atoms with Crippen LogP contribution in [0.2, 0.25) is 0 Å². The number of benzene rings is 2. The summed E-state index contributed by atoms with van der Waals surface area (Å²) in [5, 5.41) is 18.6. The number of carbonyl (C=O) groups excluding carboxylic acids is 2. The zero-order valence-electron chi connectivity index (χ0n) is 23.7. The van der Waals surface area contributed by atoms with Crippen LogP contribution in [-0.2, 0) is 23.8 Å². The Morgan fingerprint density at radius 1 is 0.977 bits per heavy atom. The summed E-state index contributed by atoms with van der Waals surface area (Å²) in [7, 11) is 0. The molecule has 0 radical (unpaired) electrons. The highest BCUT2D eigenvalue weighted by atomic mass is 16.8. The summed E-state index contributed by atoms with van der Waals surface area (Å²) in [6.07, 6.45) is -2.21. The molecule has 0 aliphatic carbocycles. The largest absolute Gasteiger partial charge is 0.480 e. The molecule has 1 aromatic heterocycles. The summed E-state index contributed by atoms with van der Waals surface area (Å²) >= 11 is 0. The van der Waals surface area contributed by atoms with E-state index in [2.05, 4.69) is 25.9 Å². The maximum Gasteiger partial charge on any atom is 0.326 e. The molecule has 14 heteroatoms. The van der Waals surface area contributed by atoms with Gasteiger partial charge in [-0.15, -0.1) is 0 Å². The molecule has 4 N–H and O–H groups in total. The fourth-order valence-electron chi connectivity index (χ4n) is 6.13. The third kappa shape index (κ3) is 5.06. The van der Waals surface area contributed by atoms with Crippen molar-refractivity contribution in [2.24, 2.45) is 4.99 Å². The number of carboxylic acids is 1. The molecule has 3 fully saturated rings. The van der Waals surface area contributed by atoms with Crippen LogP contribution in [0.4, 0.5) is 16.3 Å². The zero-order chi connectivity index (χ0) is 30.4. The number of aliphatic carboxylic acids is 1. The standard InChI is InChI=1S/C30H31N7O7/c1-16-32-24(35-30(41)34-18-11-6-3-7-12-18)20-25(33-16)37(15-31-20)27-23-21(43-29(44-23)17-9-4-2-5-10-17)22(42-27)26(38)36-14-8-13-19(36)28(39)40/h2-7,9-12,15-16,19,21-23,27,29,33H,8,13-14H2,1H3,(H,39,40)(H2,32,34,35,41). The van der Waals surface area contributed by atoms with Gasteiger partial charge in [0.05, 0.1) is 6.33 Å². The van der Waals surface area contributed by atoms with Gasteiger partial charge in [-0.3, -0.25) is 14.7 Å². The van der Waals surface area contributed by atoms with Crippen molar-refractivity contribution in [2.45, 2.75) is 62.8 Å². The molecule has 7 rings (SSSR count).